The first-order valence-electron chi connectivity index (χ1n) is 3.84. The molecule has 74 valence electrons. The second-order valence-corrected chi connectivity index (χ2v) is 2.73. The van der Waals surface area contributed by atoms with Gasteiger partial charge in [0.15, 0.2) is 17.5 Å². The van der Waals surface area contributed by atoms with E-state index in [2.05, 4.69) is 0 Å². The van der Waals surface area contributed by atoms with E-state index in [0.29, 0.717) is 0 Å². The first-order valence-corrected chi connectivity index (χ1v) is 3.84. The van der Waals surface area contributed by atoms with Gasteiger partial charge in [-0.3, -0.25) is 0 Å². The Labute approximate surface area is 78.8 Å². The van der Waals surface area contributed by atoms with E-state index in [4.69, 9.17) is 11.0 Å². The van der Waals surface area contributed by atoms with Crippen LogP contribution in [0, 0.1) is 28.8 Å². The minimum absolute atomic E-state index is 0.151. The number of benzene rings is 1. The lowest BCUT2D eigenvalue weighted by Crippen LogP contribution is -2.12. The molecule has 1 rings (SSSR count). The molecule has 0 saturated carbocycles. The molecule has 1 aromatic rings. The normalized spacial score (nSPS) is 12.2. The average molecular weight is 200 g/mol. The summed E-state index contributed by atoms with van der Waals surface area (Å²) < 4.78 is 38.2. The molecule has 0 saturated heterocycles. The Kier molecular flexibility index (Phi) is 3.10. The largest absolute Gasteiger partial charge is 0.323 e. The first kappa shape index (κ1) is 10.5. The van der Waals surface area contributed by atoms with E-state index in [1.54, 1.807) is 6.07 Å². The topological polar surface area (TPSA) is 49.8 Å². The maximum atomic E-state index is 13.0. The lowest BCUT2D eigenvalue weighted by Gasteiger charge is -2.09. The van der Waals surface area contributed by atoms with Crippen molar-refractivity contribution in [2.24, 2.45) is 5.73 Å². The Balaban J connectivity index is 3.12. The van der Waals surface area contributed by atoms with Gasteiger partial charge in [-0.1, -0.05) is 6.07 Å². The van der Waals surface area contributed by atoms with Gasteiger partial charge in [0, 0.05) is 11.6 Å². The molecule has 0 aliphatic heterocycles. The quantitative estimate of drug-likeness (QED) is 0.742. The summed E-state index contributed by atoms with van der Waals surface area (Å²) in [6.07, 6.45) is -0.151. The fourth-order valence-corrected chi connectivity index (χ4v) is 1.04. The van der Waals surface area contributed by atoms with Gasteiger partial charge in [0.2, 0.25) is 0 Å². The molecular formula is C9H7F3N2. The van der Waals surface area contributed by atoms with Crippen LogP contribution < -0.4 is 5.73 Å². The van der Waals surface area contributed by atoms with Crippen molar-refractivity contribution >= 4 is 0 Å². The van der Waals surface area contributed by atoms with Crippen molar-refractivity contribution in [3.8, 4) is 6.07 Å². The van der Waals surface area contributed by atoms with E-state index in [9.17, 15) is 13.2 Å². The zero-order valence-electron chi connectivity index (χ0n) is 7.10. The van der Waals surface area contributed by atoms with Crippen molar-refractivity contribution < 1.29 is 13.2 Å². The van der Waals surface area contributed by atoms with Gasteiger partial charge in [0.1, 0.15) is 0 Å². The smallest absolute Gasteiger partial charge is 0.194 e. The second kappa shape index (κ2) is 4.11. The molecule has 1 aromatic carbocycles. The van der Waals surface area contributed by atoms with E-state index in [1.165, 1.54) is 0 Å². The summed E-state index contributed by atoms with van der Waals surface area (Å²) in [5.74, 6) is -4.15. The van der Waals surface area contributed by atoms with E-state index in [-0.39, 0.29) is 12.0 Å². The number of rotatable bonds is 2. The molecule has 0 amide bonds. The highest BCUT2D eigenvalue weighted by atomic mass is 19.2. The van der Waals surface area contributed by atoms with Gasteiger partial charge in [-0.2, -0.15) is 5.26 Å². The summed E-state index contributed by atoms with van der Waals surface area (Å²) in [4.78, 5) is 0. The molecule has 0 fully saturated rings. The summed E-state index contributed by atoms with van der Waals surface area (Å²) in [5, 5.41) is 8.29. The Bertz CT molecular complexity index is 384. The number of hydrogen-bond donors (Lipinski definition) is 1. The van der Waals surface area contributed by atoms with Crippen molar-refractivity contribution in [2.75, 3.05) is 0 Å². The number of nitrogens with two attached hydrogens (primary N) is 1. The first-order chi connectivity index (χ1) is 6.57. The highest BCUT2D eigenvalue weighted by molar-refractivity contribution is 5.24. The van der Waals surface area contributed by atoms with E-state index < -0.39 is 23.5 Å². The molecule has 2 nitrogen and oxygen atoms in total. The predicted octanol–water partition coefficient (Wildman–Crippen LogP) is 2.02. The van der Waals surface area contributed by atoms with E-state index in [1.807, 2.05) is 0 Å². The molecule has 14 heavy (non-hydrogen) atoms. The molecule has 0 spiro atoms. The maximum absolute atomic E-state index is 13.0. The van der Waals surface area contributed by atoms with Crippen molar-refractivity contribution in [1.82, 2.24) is 0 Å². The van der Waals surface area contributed by atoms with Crippen LogP contribution >= 0.6 is 0 Å². The van der Waals surface area contributed by atoms with E-state index in [0.717, 1.165) is 12.1 Å². The van der Waals surface area contributed by atoms with Crippen molar-refractivity contribution in [3.63, 3.8) is 0 Å². The van der Waals surface area contributed by atoms with Crippen LogP contribution in [0.5, 0.6) is 0 Å². The summed E-state index contributed by atoms with van der Waals surface area (Å²) in [5.41, 5.74) is 5.18. The molecule has 0 bridgehead atoms. The number of nitrogens with zero attached hydrogens (tertiary/aromatic N) is 1. The molecular weight excluding hydrogens is 193 g/mol. The molecule has 0 radical (unpaired) electrons. The molecule has 5 heteroatoms. The number of halogens is 3. The number of nitriles is 1. The van der Waals surface area contributed by atoms with Crippen LogP contribution in [0.4, 0.5) is 13.2 Å². The molecule has 1 atom stereocenters. The Morgan fingerprint density at radius 3 is 2.50 bits per heavy atom. The lowest BCUT2D eigenvalue weighted by molar-refractivity contribution is 0.436. The van der Waals surface area contributed by atoms with Gasteiger partial charge in [-0.05, 0) is 6.07 Å². The van der Waals surface area contributed by atoms with Gasteiger partial charge in [0.25, 0.3) is 0 Å². The van der Waals surface area contributed by atoms with Crippen molar-refractivity contribution in [3.05, 3.63) is 35.1 Å². The minimum Gasteiger partial charge on any atom is -0.323 e. The molecule has 2 N–H and O–H groups in total. The van der Waals surface area contributed by atoms with Crippen LogP contribution in [0.15, 0.2) is 12.1 Å². The summed E-state index contributed by atoms with van der Waals surface area (Å²) >= 11 is 0. The maximum Gasteiger partial charge on any atom is 0.194 e. The van der Waals surface area contributed by atoms with E-state index >= 15 is 0 Å². The van der Waals surface area contributed by atoms with Gasteiger partial charge in [-0.25, -0.2) is 13.2 Å². The van der Waals surface area contributed by atoms with Gasteiger partial charge in [0.05, 0.1) is 12.5 Å². The van der Waals surface area contributed by atoms with Crippen LogP contribution in [-0.2, 0) is 0 Å². The Morgan fingerprint density at radius 1 is 1.29 bits per heavy atom. The fraction of sp³-hybridized carbons (Fsp3) is 0.222. The average Bonchev–Trinajstić information content (AvgIpc) is 2.15. The minimum atomic E-state index is -1.56. The second-order valence-electron chi connectivity index (χ2n) is 2.73. The van der Waals surface area contributed by atoms with Crippen LogP contribution in [0.2, 0.25) is 0 Å². The summed E-state index contributed by atoms with van der Waals surface area (Å²) in [7, 11) is 0. The molecule has 0 heterocycles. The van der Waals surface area contributed by atoms with Gasteiger partial charge < -0.3 is 5.73 Å². The summed E-state index contributed by atoms with van der Waals surface area (Å²) in [6, 6.07) is 2.60. The fourth-order valence-electron chi connectivity index (χ4n) is 1.04. The Morgan fingerprint density at radius 2 is 1.93 bits per heavy atom. The standard InChI is InChI=1S/C9H7F3N2/c10-6-2-1-5(7(14)3-4-13)8(11)9(6)12/h1-2,7H,3,14H2/t7-/m1/s1. The zero-order valence-corrected chi connectivity index (χ0v) is 7.10. The summed E-state index contributed by atoms with van der Waals surface area (Å²) in [6.45, 7) is 0. The SMILES string of the molecule is N#CC[C@@H](N)c1ccc(F)c(F)c1F. The molecule has 0 aliphatic carbocycles. The third kappa shape index (κ3) is 1.86. The van der Waals surface area contributed by atoms with Crippen LogP contribution in [0.1, 0.15) is 18.0 Å². The van der Waals surface area contributed by atoms with Crippen molar-refractivity contribution in [1.29, 1.82) is 5.26 Å². The van der Waals surface area contributed by atoms with Crippen LogP contribution in [0.3, 0.4) is 0 Å². The number of hydrogen-bond acceptors (Lipinski definition) is 2. The highest BCUT2D eigenvalue weighted by Gasteiger charge is 2.17. The van der Waals surface area contributed by atoms with Gasteiger partial charge in [-0.15, -0.1) is 0 Å². The predicted molar refractivity (Wildman–Crippen MR) is 43.5 cm³/mol. The molecule has 0 aromatic heterocycles. The van der Waals surface area contributed by atoms with Crippen molar-refractivity contribution in [2.45, 2.75) is 12.5 Å². The molecule has 0 aliphatic rings. The van der Waals surface area contributed by atoms with Crippen LogP contribution in [0.25, 0.3) is 0 Å². The zero-order chi connectivity index (χ0) is 10.7. The Hall–Kier alpha value is -1.54. The molecule has 0 unspecified atom stereocenters. The highest BCUT2D eigenvalue weighted by Crippen LogP contribution is 2.21. The third-order valence-corrected chi connectivity index (χ3v) is 1.78. The lowest BCUT2D eigenvalue weighted by atomic mass is 10.0. The van der Waals surface area contributed by atoms with Gasteiger partial charge >= 0.3 is 0 Å². The third-order valence-electron chi connectivity index (χ3n) is 1.78. The van der Waals surface area contributed by atoms with Crippen LogP contribution in [-0.4, -0.2) is 0 Å². The monoisotopic (exact) mass is 200 g/mol.